The fourth-order valence-corrected chi connectivity index (χ4v) is 1.48. The maximum Gasteiger partial charge on any atom is 0.307 e. The average Bonchev–Trinajstić information content (AvgIpc) is 2.91. The first-order chi connectivity index (χ1) is 6.68. The van der Waals surface area contributed by atoms with Crippen molar-refractivity contribution in [2.75, 3.05) is 6.54 Å². The van der Waals surface area contributed by atoms with Crippen molar-refractivity contribution >= 4 is 5.97 Å². The molecule has 0 aliphatic carbocycles. The molecule has 2 rings (SSSR count). The third-order valence-electron chi connectivity index (χ3n) is 2.28. The zero-order valence-corrected chi connectivity index (χ0v) is 7.53. The van der Waals surface area contributed by atoms with Gasteiger partial charge in [0.25, 0.3) is 0 Å². The highest BCUT2D eigenvalue weighted by Crippen LogP contribution is 2.32. The quantitative estimate of drug-likeness (QED) is 0.616. The minimum absolute atomic E-state index is 0.116. The van der Waals surface area contributed by atoms with Crippen molar-refractivity contribution in [3.8, 4) is 5.75 Å². The molecular formula is C10H11NO3. The van der Waals surface area contributed by atoms with Crippen molar-refractivity contribution in [2.45, 2.75) is 12.5 Å². The Kier molecular flexibility index (Phi) is 2.13. The number of phenols is 1. The van der Waals surface area contributed by atoms with E-state index in [9.17, 15) is 9.90 Å². The summed E-state index contributed by atoms with van der Waals surface area (Å²) in [5.74, 6) is -0.814. The smallest absolute Gasteiger partial charge is 0.307 e. The van der Waals surface area contributed by atoms with E-state index in [1.165, 1.54) is 0 Å². The van der Waals surface area contributed by atoms with Gasteiger partial charge in [0.05, 0.1) is 6.42 Å². The Balaban J connectivity index is 2.31. The summed E-state index contributed by atoms with van der Waals surface area (Å²) in [6.07, 6.45) is -0.133. The number of benzene rings is 1. The third kappa shape index (κ3) is 1.70. The van der Waals surface area contributed by atoms with Crippen LogP contribution in [0.15, 0.2) is 18.2 Å². The molecular weight excluding hydrogens is 182 g/mol. The second-order valence-corrected chi connectivity index (χ2v) is 3.39. The van der Waals surface area contributed by atoms with Gasteiger partial charge in [-0.3, -0.25) is 4.79 Å². The zero-order chi connectivity index (χ0) is 10.1. The Morgan fingerprint density at radius 3 is 2.86 bits per heavy atom. The lowest BCUT2D eigenvalue weighted by molar-refractivity contribution is -0.136. The number of hydrogen-bond donors (Lipinski definition) is 3. The van der Waals surface area contributed by atoms with Gasteiger partial charge in [-0.2, -0.15) is 0 Å². The number of para-hydroxylation sites is 1. The molecule has 14 heavy (non-hydrogen) atoms. The topological polar surface area (TPSA) is 79.5 Å². The summed E-state index contributed by atoms with van der Waals surface area (Å²) in [6.45, 7) is 0.851. The standard InChI is InChI=1S/C10H11NO3/c12-9(13)4-6-2-1-3-7(10(6)14)8-5-11-8/h1-3,8,11,14H,4-5H2,(H,12,13)/t8-/m1/s1. The monoisotopic (exact) mass is 193 g/mol. The summed E-state index contributed by atoms with van der Waals surface area (Å²) in [4.78, 5) is 10.5. The Bertz CT molecular complexity index is 372. The van der Waals surface area contributed by atoms with Crippen molar-refractivity contribution in [3.63, 3.8) is 0 Å². The maximum absolute atomic E-state index is 10.5. The molecule has 1 aromatic rings. The molecule has 0 radical (unpaired) electrons. The molecule has 1 atom stereocenters. The Morgan fingerprint density at radius 1 is 1.57 bits per heavy atom. The first-order valence-corrected chi connectivity index (χ1v) is 4.44. The van der Waals surface area contributed by atoms with Gasteiger partial charge in [0.15, 0.2) is 0 Å². The zero-order valence-electron chi connectivity index (χ0n) is 7.53. The average molecular weight is 193 g/mol. The van der Waals surface area contributed by atoms with E-state index < -0.39 is 5.97 Å². The van der Waals surface area contributed by atoms with Crippen molar-refractivity contribution in [1.82, 2.24) is 5.32 Å². The number of carboxylic acids is 1. The molecule has 1 aliphatic rings. The molecule has 0 aromatic heterocycles. The summed E-state index contributed by atoms with van der Waals surface area (Å²) in [6, 6.07) is 5.41. The number of aliphatic carboxylic acids is 1. The number of carbonyl (C=O) groups is 1. The van der Waals surface area contributed by atoms with Gasteiger partial charge >= 0.3 is 5.97 Å². The minimum Gasteiger partial charge on any atom is -0.507 e. The second-order valence-electron chi connectivity index (χ2n) is 3.39. The summed E-state index contributed by atoms with van der Waals surface area (Å²) in [5.41, 5.74) is 1.27. The van der Waals surface area contributed by atoms with Crippen LogP contribution in [-0.2, 0) is 11.2 Å². The van der Waals surface area contributed by atoms with E-state index in [1.807, 2.05) is 6.07 Å². The normalized spacial score (nSPS) is 19.3. The lowest BCUT2D eigenvalue weighted by Crippen LogP contribution is -2.01. The Hall–Kier alpha value is -1.55. The number of hydrogen-bond acceptors (Lipinski definition) is 3. The molecule has 1 aromatic carbocycles. The Labute approximate surface area is 81.2 Å². The number of carboxylic acid groups (broad SMARTS) is 1. The molecule has 74 valence electrons. The molecule has 3 N–H and O–H groups in total. The molecule has 4 heteroatoms. The van der Waals surface area contributed by atoms with Gasteiger partial charge in [-0.05, 0) is 0 Å². The highest BCUT2D eigenvalue weighted by atomic mass is 16.4. The van der Waals surface area contributed by atoms with Gasteiger partial charge in [0.2, 0.25) is 0 Å². The van der Waals surface area contributed by atoms with Crippen LogP contribution in [0.3, 0.4) is 0 Å². The van der Waals surface area contributed by atoms with Gasteiger partial charge in [0, 0.05) is 23.7 Å². The summed E-state index contributed by atoms with van der Waals surface area (Å²) >= 11 is 0. The highest BCUT2D eigenvalue weighted by Gasteiger charge is 2.26. The van der Waals surface area contributed by atoms with Crippen molar-refractivity contribution in [3.05, 3.63) is 29.3 Å². The van der Waals surface area contributed by atoms with Crippen LogP contribution < -0.4 is 5.32 Å². The molecule has 1 heterocycles. The summed E-state index contributed by atoms with van der Waals surface area (Å²) < 4.78 is 0. The van der Waals surface area contributed by atoms with Crippen LogP contribution >= 0.6 is 0 Å². The van der Waals surface area contributed by atoms with E-state index in [1.54, 1.807) is 12.1 Å². The van der Waals surface area contributed by atoms with E-state index in [4.69, 9.17) is 5.11 Å². The highest BCUT2D eigenvalue weighted by molar-refractivity contribution is 5.71. The van der Waals surface area contributed by atoms with Crippen LogP contribution in [-0.4, -0.2) is 22.7 Å². The van der Waals surface area contributed by atoms with Gasteiger partial charge in [0.1, 0.15) is 5.75 Å². The van der Waals surface area contributed by atoms with Crippen LogP contribution in [0.4, 0.5) is 0 Å². The molecule has 4 nitrogen and oxygen atoms in total. The van der Waals surface area contributed by atoms with Crippen LogP contribution in [0.1, 0.15) is 17.2 Å². The van der Waals surface area contributed by atoms with E-state index in [2.05, 4.69) is 5.32 Å². The van der Waals surface area contributed by atoms with Crippen molar-refractivity contribution < 1.29 is 15.0 Å². The van der Waals surface area contributed by atoms with Crippen LogP contribution in [0.25, 0.3) is 0 Å². The molecule has 0 spiro atoms. The molecule has 1 aliphatic heterocycles. The first kappa shape index (κ1) is 9.02. The van der Waals surface area contributed by atoms with Crippen LogP contribution in [0.5, 0.6) is 5.75 Å². The molecule has 1 fully saturated rings. The van der Waals surface area contributed by atoms with Gasteiger partial charge < -0.3 is 15.5 Å². The number of phenolic OH excluding ortho intramolecular Hbond substituents is 1. The summed E-state index contributed by atoms with van der Waals surface area (Å²) in [7, 11) is 0. The lowest BCUT2D eigenvalue weighted by Gasteiger charge is -2.06. The fourth-order valence-electron chi connectivity index (χ4n) is 1.48. The lowest BCUT2D eigenvalue weighted by atomic mass is 10.0. The van der Waals surface area contributed by atoms with E-state index in [-0.39, 0.29) is 18.2 Å². The number of nitrogens with one attached hydrogen (secondary N) is 1. The maximum atomic E-state index is 10.5. The predicted molar refractivity (Wildman–Crippen MR) is 50.2 cm³/mol. The fraction of sp³-hybridized carbons (Fsp3) is 0.300. The SMILES string of the molecule is O=C(O)Cc1cccc([C@H]2CN2)c1O. The first-order valence-electron chi connectivity index (χ1n) is 4.44. The largest absolute Gasteiger partial charge is 0.507 e. The van der Waals surface area contributed by atoms with Crippen LogP contribution in [0, 0.1) is 0 Å². The van der Waals surface area contributed by atoms with E-state index >= 15 is 0 Å². The molecule has 1 saturated heterocycles. The van der Waals surface area contributed by atoms with Crippen molar-refractivity contribution in [1.29, 1.82) is 0 Å². The summed E-state index contributed by atoms with van der Waals surface area (Å²) in [5, 5.41) is 21.4. The second kappa shape index (κ2) is 3.31. The molecule has 0 saturated carbocycles. The number of rotatable bonds is 3. The molecule has 0 amide bonds. The number of aromatic hydroxyl groups is 1. The predicted octanol–water partition coefficient (Wildman–Crippen LogP) is 0.664. The van der Waals surface area contributed by atoms with E-state index in [0.29, 0.717) is 5.56 Å². The molecule has 0 unspecified atom stereocenters. The minimum atomic E-state index is -0.929. The van der Waals surface area contributed by atoms with Gasteiger partial charge in [-0.25, -0.2) is 0 Å². The molecule has 0 bridgehead atoms. The Morgan fingerprint density at radius 2 is 2.29 bits per heavy atom. The van der Waals surface area contributed by atoms with E-state index in [0.717, 1.165) is 12.1 Å². The van der Waals surface area contributed by atoms with Crippen molar-refractivity contribution in [2.24, 2.45) is 0 Å². The third-order valence-corrected chi connectivity index (χ3v) is 2.28. The van der Waals surface area contributed by atoms with Crippen LogP contribution in [0.2, 0.25) is 0 Å². The van der Waals surface area contributed by atoms with Gasteiger partial charge in [-0.1, -0.05) is 18.2 Å². The van der Waals surface area contributed by atoms with Gasteiger partial charge in [-0.15, -0.1) is 0 Å².